The van der Waals surface area contributed by atoms with Gasteiger partial charge in [0.05, 0.1) is 11.3 Å². The molecular formula is C18H19N3O6. The van der Waals surface area contributed by atoms with Crippen LogP contribution in [0.5, 0.6) is 5.75 Å². The predicted octanol–water partition coefficient (Wildman–Crippen LogP) is 1.58. The maximum absolute atomic E-state index is 12.4. The largest absolute Gasteiger partial charge is 0.488 e. The Hall–Kier alpha value is -3.36. The number of aromatic nitrogens is 1. The van der Waals surface area contributed by atoms with Crippen LogP contribution in [0.2, 0.25) is 0 Å². The van der Waals surface area contributed by atoms with E-state index in [1.54, 1.807) is 32.0 Å². The maximum atomic E-state index is 12.4. The molecule has 0 spiro atoms. The summed E-state index contributed by atoms with van der Waals surface area (Å²) in [6.45, 7) is 3.88. The van der Waals surface area contributed by atoms with Gasteiger partial charge in [0, 0.05) is 13.1 Å². The number of aryl methyl sites for hydroxylation is 2. The van der Waals surface area contributed by atoms with Crippen molar-refractivity contribution in [3.8, 4) is 5.75 Å². The number of hydrogen-bond acceptors (Lipinski definition) is 7. The van der Waals surface area contributed by atoms with E-state index in [1.807, 2.05) is 0 Å². The molecule has 27 heavy (non-hydrogen) atoms. The second kappa shape index (κ2) is 7.90. The molecule has 0 atom stereocenters. The first-order valence-corrected chi connectivity index (χ1v) is 8.36. The molecule has 1 aromatic carbocycles. The van der Waals surface area contributed by atoms with Crippen molar-refractivity contribution in [3.63, 3.8) is 0 Å². The molecule has 1 N–H and O–H groups in total. The first kappa shape index (κ1) is 18.4. The van der Waals surface area contributed by atoms with Crippen LogP contribution in [0.1, 0.15) is 27.4 Å². The van der Waals surface area contributed by atoms with Gasteiger partial charge in [-0.2, -0.15) is 0 Å². The highest BCUT2D eigenvalue weighted by atomic mass is 16.5. The first-order chi connectivity index (χ1) is 13.0. The molecule has 142 valence electrons. The molecule has 0 saturated carbocycles. The molecule has 0 bridgehead atoms. The molecule has 2 aromatic rings. The van der Waals surface area contributed by atoms with Gasteiger partial charge in [-0.3, -0.25) is 9.69 Å². The molecule has 9 heteroatoms. The highest BCUT2D eigenvalue weighted by Crippen LogP contribution is 2.22. The number of carbonyl (C=O) groups excluding carboxylic acids is 3. The monoisotopic (exact) mass is 373 g/mol. The molecule has 0 radical (unpaired) electrons. The number of imide groups is 1. The number of nitrogens with zero attached hydrogens (tertiary/aromatic N) is 2. The van der Waals surface area contributed by atoms with Gasteiger partial charge in [-0.25, -0.2) is 9.59 Å². The van der Waals surface area contributed by atoms with Gasteiger partial charge in [-0.15, -0.1) is 0 Å². The van der Waals surface area contributed by atoms with Crippen LogP contribution in [-0.2, 0) is 16.1 Å². The smallest absolute Gasteiger partial charge is 0.342 e. The van der Waals surface area contributed by atoms with E-state index in [-0.39, 0.29) is 18.7 Å². The Kier molecular flexibility index (Phi) is 5.39. The van der Waals surface area contributed by atoms with Crippen molar-refractivity contribution in [1.29, 1.82) is 0 Å². The van der Waals surface area contributed by atoms with Crippen molar-refractivity contribution in [2.45, 2.75) is 20.5 Å². The molecular weight excluding hydrogens is 354 g/mol. The lowest BCUT2D eigenvalue weighted by Crippen LogP contribution is -2.37. The number of carbonyl (C=O) groups is 3. The van der Waals surface area contributed by atoms with Gasteiger partial charge in [0.25, 0.3) is 5.91 Å². The summed E-state index contributed by atoms with van der Waals surface area (Å²) in [4.78, 5) is 36.8. The van der Waals surface area contributed by atoms with E-state index in [9.17, 15) is 14.4 Å². The third-order valence-electron chi connectivity index (χ3n) is 4.14. The fourth-order valence-electron chi connectivity index (χ4n) is 2.61. The fraction of sp³-hybridized carbons (Fsp3) is 0.333. The topological polar surface area (TPSA) is 111 Å². The molecule has 1 aliphatic rings. The standard InChI is InChI=1S/C18H19N3O6/c1-11-14(12(2)27-20-11)9-25-15-6-4-3-5-13(15)17(23)26-10-16(22)21-8-7-19-18(21)24/h3-6H,7-10H2,1-2H3,(H,19,24). The lowest BCUT2D eigenvalue weighted by molar-refractivity contribution is -0.130. The quantitative estimate of drug-likeness (QED) is 0.765. The van der Waals surface area contributed by atoms with Crippen molar-refractivity contribution in [2.75, 3.05) is 19.7 Å². The average Bonchev–Trinajstić information content (AvgIpc) is 3.23. The predicted molar refractivity (Wildman–Crippen MR) is 92.1 cm³/mol. The van der Waals surface area contributed by atoms with Crippen molar-refractivity contribution in [3.05, 3.63) is 46.8 Å². The van der Waals surface area contributed by atoms with Crippen LogP contribution < -0.4 is 10.1 Å². The van der Waals surface area contributed by atoms with Gasteiger partial charge in [-0.05, 0) is 26.0 Å². The maximum Gasteiger partial charge on any atom is 0.342 e. The van der Waals surface area contributed by atoms with Crippen molar-refractivity contribution in [1.82, 2.24) is 15.4 Å². The van der Waals surface area contributed by atoms with Gasteiger partial charge in [0.1, 0.15) is 23.7 Å². The van der Waals surface area contributed by atoms with Gasteiger partial charge < -0.3 is 19.3 Å². The van der Waals surface area contributed by atoms with Crippen LogP contribution >= 0.6 is 0 Å². The highest BCUT2D eigenvalue weighted by molar-refractivity contribution is 5.98. The van der Waals surface area contributed by atoms with E-state index in [4.69, 9.17) is 14.0 Å². The van der Waals surface area contributed by atoms with Crippen LogP contribution in [0, 0.1) is 13.8 Å². The van der Waals surface area contributed by atoms with Crippen LogP contribution in [-0.4, -0.2) is 47.7 Å². The fourth-order valence-corrected chi connectivity index (χ4v) is 2.61. The number of hydrogen-bond donors (Lipinski definition) is 1. The van der Waals surface area contributed by atoms with E-state index in [0.29, 0.717) is 23.7 Å². The second-order valence-corrected chi connectivity index (χ2v) is 5.94. The molecule has 1 aromatic heterocycles. The highest BCUT2D eigenvalue weighted by Gasteiger charge is 2.27. The normalized spacial score (nSPS) is 13.4. The summed E-state index contributed by atoms with van der Waals surface area (Å²) in [7, 11) is 0. The summed E-state index contributed by atoms with van der Waals surface area (Å²) < 4.78 is 15.9. The van der Waals surface area contributed by atoms with Gasteiger partial charge in [-0.1, -0.05) is 17.3 Å². The molecule has 1 aliphatic heterocycles. The van der Waals surface area contributed by atoms with E-state index in [2.05, 4.69) is 10.5 Å². The Morgan fingerprint density at radius 1 is 1.30 bits per heavy atom. The minimum absolute atomic E-state index is 0.179. The Labute approximate surface area is 155 Å². The lowest BCUT2D eigenvalue weighted by atomic mass is 10.2. The summed E-state index contributed by atoms with van der Waals surface area (Å²) in [5.74, 6) is -0.333. The minimum Gasteiger partial charge on any atom is -0.488 e. The number of rotatable bonds is 6. The van der Waals surface area contributed by atoms with Crippen molar-refractivity contribution in [2.24, 2.45) is 0 Å². The lowest BCUT2D eigenvalue weighted by Gasteiger charge is -2.13. The summed E-state index contributed by atoms with van der Waals surface area (Å²) >= 11 is 0. The number of amides is 3. The Bertz CT molecular complexity index is 856. The van der Waals surface area contributed by atoms with E-state index >= 15 is 0 Å². The van der Waals surface area contributed by atoms with E-state index < -0.39 is 24.5 Å². The Morgan fingerprint density at radius 3 is 2.74 bits per heavy atom. The van der Waals surface area contributed by atoms with Gasteiger partial charge in [0.2, 0.25) is 0 Å². The van der Waals surface area contributed by atoms with Gasteiger partial charge in [0.15, 0.2) is 6.61 Å². The van der Waals surface area contributed by atoms with E-state index in [0.717, 1.165) is 10.5 Å². The van der Waals surface area contributed by atoms with Crippen LogP contribution in [0.3, 0.4) is 0 Å². The summed E-state index contributed by atoms with van der Waals surface area (Å²) in [6.07, 6.45) is 0. The van der Waals surface area contributed by atoms with Crippen molar-refractivity contribution < 1.29 is 28.4 Å². The molecule has 1 saturated heterocycles. The first-order valence-electron chi connectivity index (χ1n) is 8.36. The molecule has 3 rings (SSSR count). The summed E-state index contributed by atoms with van der Waals surface area (Å²) in [6, 6.07) is 6.07. The molecule has 3 amide bonds. The summed E-state index contributed by atoms with van der Waals surface area (Å²) in [5, 5.41) is 6.37. The minimum atomic E-state index is -0.711. The second-order valence-electron chi connectivity index (χ2n) is 5.94. The van der Waals surface area contributed by atoms with Crippen LogP contribution in [0.15, 0.2) is 28.8 Å². The third kappa shape index (κ3) is 4.08. The number of nitrogens with one attached hydrogen (secondary N) is 1. The summed E-state index contributed by atoms with van der Waals surface area (Å²) in [5.41, 5.74) is 1.69. The number of ether oxygens (including phenoxy) is 2. The van der Waals surface area contributed by atoms with Gasteiger partial charge >= 0.3 is 12.0 Å². The number of urea groups is 1. The Morgan fingerprint density at radius 2 is 2.07 bits per heavy atom. The zero-order chi connectivity index (χ0) is 19.4. The van der Waals surface area contributed by atoms with Crippen LogP contribution in [0.25, 0.3) is 0 Å². The zero-order valence-electron chi connectivity index (χ0n) is 15.0. The number of para-hydroxylation sites is 1. The molecule has 0 aliphatic carbocycles. The van der Waals surface area contributed by atoms with Crippen LogP contribution in [0.4, 0.5) is 4.79 Å². The Balaban J connectivity index is 1.63. The molecule has 0 unspecified atom stereocenters. The van der Waals surface area contributed by atoms with Crippen molar-refractivity contribution >= 4 is 17.9 Å². The van der Waals surface area contributed by atoms with E-state index in [1.165, 1.54) is 6.07 Å². The molecule has 1 fully saturated rings. The zero-order valence-corrected chi connectivity index (χ0v) is 15.0. The average molecular weight is 373 g/mol. The molecule has 9 nitrogen and oxygen atoms in total. The SMILES string of the molecule is Cc1noc(C)c1COc1ccccc1C(=O)OCC(=O)N1CCNC1=O. The number of benzene rings is 1. The molecule has 2 heterocycles. The number of esters is 1. The third-order valence-corrected chi connectivity index (χ3v) is 4.14.